The summed E-state index contributed by atoms with van der Waals surface area (Å²) in [6, 6.07) is 21.7. The Morgan fingerprint density at radius 1 is 0.933 bits per heavy atom. The predicted molar refractivity (Wildman–Crippen MR) is 118 cm³/mol. The highest BCUT2D eigenvalue weighted by molar-refractivity contribution is 6.04. The fourth-order valence-electron chi connectivity index (χ4n) is 3.62. The van der Waals surface area contributed by atoms with E-state index >= 15 is 0 Å². The second-order valence-corrected chi connectivity index (χ2v) is 7.47. The second-order valence-electron chi connectivity index (χ2n) is 7.47. The molecule has 4 nitrogen and oxygen atoms in total. The van der Waals surface area contributed by atoms with Gasteiger partial charge in [-0.2, -0.15) is 0 Å². The van der Waals surface area contributed by atoms with Crippen LogP contribution >= 0.6 is 0 Å². The molecule has 4 rings (SSSR count). The Kier molecular flexibility index (Phi) is 6.28. The molecule has 0 atom stereocenters. The molecule has 0 radical (unpaired) electrons. The first-order chi connectivity index (χ1) is 14.7. The Balaban J connectivity index is 1.35. The van der Waals surface area contributed by atoms with Crippen LogP contribution in [0, 0.1) is 5.82 Å². The van der Waals surface area contributed by atoms with Crippen LogP contribution in [0.2, 0.25) is 0 Å². The zero-order valence-corrected chi connectivity index (χ0v) is 16.8. The number of rotatable bonds is 6. The molecule has 30 heavy (non-hydrogen) atoms. The smallest absolute Gasteiger partial charge is 0.255 e. The molecule has 0 spiro atoms. The third-order valence-corrected chi connectivity index (χ3v) is 5.27. The first kappa shape index (κ1) is 20.0. The van der Waals surface area contributed by atoms with E-state index in [9.17, 15) is 9.18 Å². The van der Waals surface area contributed by atoms with Crippen molar-refractivity contribution in [3.05, 3.63) is 89.7 Å². The number of anilines is 2. The minimum Gasteiger partial charge on any atom is -0.489 e. The van der Waals surface area contributed by atoms with Crippen molar-refractivity contribution in [1.29, 1.82) is 0 Å². The van der Waals surface area contributed by atoms with Crippen molar-refractivity contribution in [3.63, 3.8) is 0 Å². The lowest BCUT2D eigenvalue weighted by Crippen LogP contribution is -2.30. The summed E-state index contributed by atoms with van der Waals surface area (Å²) in [5.74, 6) is 0.0985. The van der Waals surface area contributed by atoms with Gasteiger partial charge in [0.15, 0.2) is 0 Å². The first-order valence-corrected chi connectivity index (χ1v) is 10.3. The monoisotopic (exact) mass is 404 g/mol. The van der Waals surface area contributed by atoms with Crippen LogP contribution in [0.3, 0.4) is 0 Å². The van der Waals surface area contributed by atoms with E-state index in [-0.39, 0.29) is 11.7 Å². The Morgan fingerprint density at radius 3 is 2.37 bits per heavy atom. The summed E-state index contributed by atoms with van der Waals surface area (Å²) in [6.45, 7) is 2.22. The van der Waals surface area contributed by atoms with Crippen LogP contribution in [0.5, 0.6) is 5.75 Å². The zero-order valence-electron chi connectivity index (χ0n) is 16.8. The van der Waals surface area contributed by atoms with E-state index in [1.807, 2.05) is 30.3 Å². The number of carbonyl (C=O) groups is 1. The van der Waals surface area contributed by atoms with Gasteiger partial charge in [-0.05, 0) is 67.3 Å². The lowest BCUT2D eigenvalue weighted by Gasteiger charge is -2.29. The Labute approximate surface area is 176 Å². The summed E-state index contributed by atoms with van der Waals surface area (Å²) in [5.41, 5.74) is 2.62. The molecular formula is C25H25FN2O2. The maximum absolute atomic E-state index is 14.6. The van der Waals surface area contributed by atoms with Crippen LogP contribution in [-0.4, -0.2) is 19.0 Å². The first-order valence-electron chi connectivity index (χ1n) is 10.3. The maximum atomic E-state index is 14.6. The summed E-state index contributed by atoms with van der Waals surface area (Å²) < 4.78 is 20.3. The van der Waals surface area contributed by atoms with Gasteiger partial charge in [0.25, 0.3) is 5.91 Å². The number of halogens is 1. The van der Waals surface area contributed by atoms with E-state index in [1.54, 1.807) is 36.4 Å². The molecule has 154 valence electrons. The molecule has 0 saturated carbocycles. The number of hydrogen-bond donors (Lipinski definition) is 1. The largest absolute Gasteiger partial charge is 0.489 e. The highest BCUT2D eigenvalue weighted by atomic mass is 19.1. The quantitative estimate of drug-likeness (QED) is 0.577. The number of carbonyl (C=O) groups excluding carboxylic acids is 1. The van der Waals surface area contributed by atoms with Crippen molar-refractivity contribution < 1.29 is 13.9 Å². The zero-order chi connectivity index (χ0) is 20.8. The molecule has 0 aliphatic carbocycles. The van der Waals surface area contributed by atoms with Gasteiger partial charge in [-0.3, -0.25) is 4.79 Å². The Morgan fingerprint density at radius 2 is 1.67 bits per heavy atom. The van der Waals surface area contributed by atoms with Gasteiger partial charge in [-0.25, -0.2) is 4.39 Å². The molecule has 1 heterocycles. The highest BCUT2D eigenvalue weighted by Gasteiger charge is 2.16. The van der Waals surface area contributed by atoms with Crippen LogP contribution in [0.1, 0.15) is 35.2 Å². The van der Waals surface area contributed by atoms with Gasteiger partial charge in [-0.1, -0.05) is 30.3 Å². The normalized spacial score (nSPS) is 13.7. The molecule has 3 aromatic carbocycles. The molecule has 1 fully saturated rings. The standard InChI is InChI=1S/C25H25FN2O2/c26-23-17-21(11-14-24(23)28-15-5-2-6-16-28)27-25(29)20-9-12-22(13-10-20)30-18-19-7-3-1-4-8-19/h1,3-4,7-14,17H,2,5-6,15-16,18H2,(H,27,29). The third kappa shape index (κ3) is 4.98. The minimum absolute atomic E-state index is 0.283. The van der Waals surface area contributed by atoms with Crippen molar-refractivity contribution in [3.8, 4) is 5.75 Å². The predicted octanol–water partition coefficient (Wildman–Crippen LogP) is 5.65. The van der Waals surface area contributed by atoms with Crippen LogP contribution < -0.4 is 15.0 Å². The van der Waals surface area contributed by atoms with Crippen molar-refractivity contribution in [2.75, 3.05) is 23.3 Å². The van der Waals surface area contributed by atoms with Crippen LogP contribution in [0.25, 0.3) is 0 Å². The van der Waals surface area contributed by atoms with Gasteiger partial charge >= 0.3 is 0 Å². The van der Waals surface area contributed by atoms with Gasteiger partial charge < -0.3 is 15.0 Å². The molecule has 1 aliphatic heterocycles. The van der Waals surface area contributed by atoms with Gasteiger partial charge in [-0.15, -0.1) is 0 Å². The lowest BCUT2D eigenvalue weighted by atomic mass is 10.1. The summed E-state index contributed by atoms with van der Waals surface area (Å²) in [4.78, 5) is 14.6. The summed E-state index contributed by atoms with van der Waals surface area (Å²) in [6.07, 6.45) is 3.37. The van der Waals surface area contributed by atoms with Crippen molar-refractivity contribution in [2.24, 2.45) is 0 Å². The molecule has 1 N–H and O–H groups in total. The SMILES string of the molecule is O=C(Nc1ccc(N2CCCCC2)c(F)c1)c1ccc(OCc2ccccc2)cc1. The third-order valence-electron chi connectivity index (χ3n) is 5.27. The highest BCUT2D eigenvalue weighted by Crippen LogP contribution is 2.26. The molecule has 3 aromatic rings. The number of benzene rings is 3. The Bertz CT molecular complexity index is 984. The molecule has 5 heteroatoms. The van der Waals surface area contributed by atoms with Crippen molar-refractivity contribution >= 4 is 17.3 Å². The second kappa shape index (κ2) is 9.44. The van der Waals surface area contributed by atoms with E-state index in [0.29, 0.717) is 29.3 Å². The van der Waals surface area contributed by atoms with E-state index in [2.05, 4.69) is 10.2 Å². The maximum Gasteiger partial charge on any atom is 0.255 e. The van der Waals surface area contributed by atoms with Gasteiger partial charge in [0.1, 0.15) is 18.2 Å². The number of piperidine rings is 1. The number of hydrogen-bond acceptors (Lipinski definition) is 3. The van der Waals surface area contributed by atoms with Gasteiger partial charge in [0, 0.05) is 24.3 Å². The fraction of sp³-hybridized carbons (Fsp3) is 0.240. The Hall–Kier alpha value is -3.34. The molecule has 0 aromatic heterocycles. The molecule has 1 amide bonds. The molecule has 0 unspecified atom stereocenters. The van der Waals surface area contributed by atoms with Gasteiger partial charge in [0.05, 0.1) is 5.69 Å². The molecule has 1 saturated heterocycles. The summed E-state index contributed by atoms with van der Waals surface area (Å²) in [5, 5.41) is 2.77. The summed E-state index contributed by atoms with van der Waals surface area (Å²) in [7, 11) is 0. The average molecular weight is 404 g/mol. The van der Waals surface area contributed by atoms with Gasteiger partial charge in [0.2, 0.25) is 0 Å². The van der Waals surface area contributed by atoms with E-state index < -0.39 is 0 Å². The van der Waals surface area contributed by atoms with Crippen molar-refractivity contribution in [1.82, 2.24) is 0 Å². The van der Waals surface area contributed by atoms with E-state index in [4.69, 9.17) is 4.74 Å². The number of nitrogens with zero attached hydrogens (tertiary/aromatic N) is 1. The fourth-order valence-corrected chi connectivity index (χ4v) is 3.62. The summed E-state index contributed by atoms with van der Waals surface area (Å²) >= 11 is 0. The van der Waals surface area contributed by atoms with E-state index in [1.165, 1.54) is 12.5 Å². The number of nitrogens with one attached hydrogen (secondary N) is 1. The van der Waals surface area contributed by atoms with Crippen LogP contribution in [-0.2, 0) is 6.61 Å². The topological polar surface area (TPSA) is 41.6 Å². The molecule has 0 bridgehead atoms. The molecular weight excluding hydrogens is 379 g/mol. The van der Waals surface area contributed by atoms with Crippen LogP contribution in [0.4, 0.5) is 15.8 Å². The minimum atomic E-state index is -0.306. The lowest BCUT2D eigenvalue weighted by molar-refractivity contribution is 0.102. The molecule has 1 aliphatic rings. The number of amides is 1. The number of ether oxygens (including phenoxy) is 1. The van der Waals surface area contributed by atoms with Crippen molar-refractivity contribution in [2.45, 2.75) is 25.9 Å². The average Bonchev–Trinajstić information content (AvgIpc) is 2.79. The van der Waals surface area contributed by atoms with Crippen LogP contribution in [0.15, 0.2) is 72.8 Å². The van der Waals surface area contributed by atoms with E-state index in [0.717, 1.165) is 31.5 Å².